The van der Waals surface area contributed by atoms with Gasteiger partial charge in [0.05, 0.1) is 6.61 Å². The first-order valence-electron chi connectivity index (χ1n) is 7.02. The van der Waals surface area contributed by atoms with Gasteiger partial charge in [-0.3, -0.25) is 4.79 Å². The molecule has 0 aliphatic carbocycles. The van der Waals surface area contributed by atoms with Gasteiger partial charge in [-0.2, -0.15) is 0 Å². The van der Waals surface area contributed by atoms with Gasteiger partial charge in [0.25, 0.3) is 5.91 Å². The number of aromatic nitrogens is 1. The number of hydrogen-bond donors (Lipinski definition) is 2. The molecule has 20 heavy (non-hydrogen) atoms. The molecule has 112 valence electrons. The molecular formula is C15H25N3O2. The Morgan fingerprint density at radius 2 is 2.00 bits per heavy atom. The molecule has 0 saturated carbocycles. The number of hydrogen-bond acceptors (Lipinski definition) is 4. The van der Waals surface area contributed by atoms with Crippen molar-refractivity contribution >= 4 is 11.7 Å². The topological polar surface area (TPSA) is 65.5 Å². The van der Waals surface area contributed by atoms with Gasteiger partial charge >= 0.3 is 0 Å². The van der Waals surface area contributed by atoms with Crippen LogP contribution in [0.3, 0.4) is 0 Å². The molecule has 0 unspecified atom stereocenters. The van der Waals surface area contributed by atoms with E-state index in [-0.39, 0.29) is 24.5 Å². The van der Waals surface area contributed by atoms with Crippen molar-refractivity contribution in [3.63, 3.8) is 0 Å². The summed E-state index contributed by atoms with van der Waals surface area (Å²) >= 11 is 0. The number of anilines is 1. The Labute approximate surface area is 121 Å². The van der Waals surface area contributed by atoms with E-state index in [1.165, 1.54) is 0 Å². The smallest absolute Gasteiger partial charge is 0.254 e. The summed E-state index contributed by atoms with van der Waals surface area (Å²) in [4.78, 5) is 18.7. The summed E-state index contributed by atoms with van der Waals surface area (Å²) in [5.41, 5.74) is 1.49. The zero-order valence-corrected chi connectivity index (χ0v) is 13.0. The van der Waals surface area contributed by atoms with E-state index in [2.05, 4.69) is 10.3 Å². The predicted octanol–water partition coefficient (Wildman–Crippen LogP) is 2.09. The molecule has 1 aromatic heterocycles. The number of pyridine rings is 1. The van der Waals surface area contributed by atoms with Gasteiger partial charge in [0.1, 0.15) is 5.82 Å². The SMILES string of the molecule is CNc1cc(C(=O)N(CCO)C(C)C)cc(C(C)C)n1. The molecule has 0 radical (unpaired) electrons. The summed E-state index contributed by atoms with van der Waals surface area (Å²) < 4.78 is 0. The summed E-state index contributed by atoms with van der Waals surface area (Å²) in [5, 5.41) is 12.1. The molecule has 5 heteroatoms. The van der Waals surface area contributed by atoms with Crippen molar-refractivity contribution in [2.24, 2.45) is 0 Å². The maximum atomic E-state index is 12.6. The van der Waals surface area contributed by atoms with Crippen molar-refractivity contribution < 1.29 is 9.90 Å². The molecule has 1 heterocycles. The van der Waals surface area contributed by atoms with Crippen LogP contribution in [-0.2, 0) is 0 Å². The minimum atomic E-state index is -0.0742. The highest BCUT2D eigenvalue weighted by Crippen LogP contribution is 2.19. The zero-order chi connectivity index (χ0) is 15.3. The Kier molecular flexibility index (Phi) is 5.95. The fourth-order valence-corrected chi connectivity index (χ4v) is 1.97. The fourth-order valence-electron chi connectivity index (χ4n) is 1.97. The second-order valence-electron chi connectivity index (χ2n) is 5.39. The Hall–Kier alpha value is -1.62. The Morgan fingerprint density at radius 3 is 2.45 bits per heavy atom. The number of aliphatic hydroxyl groups excluding tert-OH is 1. The minimum absolute atomic E-state index is 0.0368. The van der Waals surface area contributed by atoms with Crippen molar-refractivity contribution in [1.82, 2.24) is 9.88 Å². The highest BCUT2D eigenvalue weighted by atomic mass is 16.3. The molecule has 0 aliphatic rings. The third kappa shape index (κ3) is 3.93. The van der Waals surface area contributed by atoms with Gasteiger partial charge in [0.15, 0.2) is 0 Å². The van der Waals surface area contributed by atoms with E-state index in [1.807, 2.05) is 33.8 Å². The van der Waals surface area contributed by atoms with Crippen LogP contribution in [0.1, 0.15) is 49.7 Å². The van der Waals surface area contributed by atoms with Gasteiger partial charge in [0, 0.05) is 30.9 Å². The summed E-state index contributed by atoms with van der Waals surface area (Å²) in [6.45, 7) is 8.28. The van der Waals surface area contributed by atoms with E-state index in [0.717, 1.165) is 5.69 Å². The predicted molar refractivity (Wildman–Crippen MR) is 81.1 cm³/mol. The van der Waals surface area contributed by atoms with Crippen LogP contribution >= 0.6 is 0 Å². The van der Waals surface area contributed by atoms with E-state index in [0.29, 0.717) is 17.9 Å². The van der Waals surface area contributed by atoms with Crippen LogP contribution in [-0.4, -0.2) is 47.1 Å². The lowest BCUT2D eigenvalue weighted by atomic mass is 10.1. The van der Waals surface area contributed by atoms with Gasteiger partial charge in [-0.1, -0.05) is 13.8 Å². The van der Waals surface area contributed by atoms with E-state index < -0.39 is 0 Å². The van der Waals surface area contributed by atoms with Gasteiger partial charge in [-0.05, 0) is 31.9 Å². The third-order valence-corrected chi connectivity index (χ3v) is 3.16. The Bertz CT molecular complexity index is 458. The molecule has 0 aliphatic heterocycles. The number of carbonyl (C=O) groups excluding carboxylic acids is 1. The average Bonchev–Trinajstić information content (AvgIpc) is 2.42. The van der Waals surface area contributed by atoms with Crippen molar-refractivity contribution in [2.75, 3.05) is 25.5 Å². The number of nitrogens with one attached hydrogen (secondary N) is 1. The molecule has 0 spiro atoms. The highest BCUT2D eigenvalue weighted by molar-refractivity contribution is 5.95. The fraction of sp³-hybridized carbons (Fsp3) is 0.600. The summed E-state index contributed by atoms with van der Waals surface area (Å²) in [5.74, 6) is 0.863. The van der Waals surface area contributed by atoms with Crippen LogP contribution in [0.15, 0.2) is 12.1 Å². The second-order valence-corrected chi connectivity index (χ2v) is 5.39. The number of nitrogens with zero attached hydrogens (tertiary/aromatic N) is 2. The number of amides is 1. The Morgan fingerprint density at radius 1 is 1.35 bits per heavy atom. The largest absolute Gasteiger partial charge is 0.395 e. The molecule has 1 aromatic rings. The minimum Gasteiger partial charge on any atom is -0.395 e. The number of carbonyl (C=O) groups is 1. The second kappa shape index (κ2) is 7.24. The lowest BCUT2D eigenvalue weighted by Crippen LogP contribution is -2.39. The van der Waals surface area contributed by atoms with Crippen LogP contribution in [0.5, 0.6) is 0 Å². The van der Waals surface area contributed by atoms with Gasteiger partial charge < -0.3 is 15.3 Å². The standard InChI is InChI=1S/C15H25N3O2/c1-10(2)13-8-12(9-14(16-5)17-13)15(20)18(6-7-19)11(3)4/h8-11,19H,6-7H2,1-5H3,(H,16,17). The summed E-state index contributed by atoms with van der Waals surface area (Å²) in [6.07, 6.45) is 0. The molecule has 0 aromatic carbocycles. The van der Waals surface area contributed by atoms with Crippen molar-refractivity contribution in [3.8, 4) is 0 Å². The molecule has 0 atom stereocenters. The average molecular weight is 279 g/mol. The van der Waals surface area contributed by atoms with Crippen LogP contribution in [0.4, 0.5) is 5.82 Å². The first-order valence-corrected chi connectivity index (χ1v) is 7.02. The summed E-state index contributed by atoms with van der Waals surface area (Å²) in [6, 6.07) is 3.63. The van der Waals surface area contributed by atoms with Gasteiger partial charge in [0.2, 0.25) is 0 Å². The molecule has 1 amide bonds. The number of rotatable bonds is 6. The quantitative estimate of drug-likeness (QED) is 0.837. The van der Waals surface area contributed by atoms with Crippen molar-refractivity contribution in [1.29, 1.82) is 0 Å². The molecular weight excluding hydrogens is 254 g/mol. The van der Waals surface area contributed by atoms with Crippen LogP contribution in [0.2, 0.25) is 0 Å². The first-order chi connectivity index (χ1) is 9.40. The third-order valence-electron chi connectivity index (χ3n) is 3.16. The van der Waals surface area contributed by atoms with Crippen LogP contribution < -0.4 is 5.32 Å². The van der Waals surface area contributed by atoms with Crippen molar-refractivity contribution in [3.05, 3.63) is 23.4 Å². The van der Waals surface area contributed by atoms with Gasteiger partial charge in [-0.15, -0.1) is 0 Å². The first kappa shape index (κ1) is 16.4. The summed E-state index contributed by atoms with van der Waals surface area (Å²) in [7, 11) is 1.79. The monoisotopic (exact) mass is 279 g/mol. The van der Waals surface area contributed by atoms with Crippen molar-refractivity contribution in [2.45, 2.75) is 39.7 Å². The lowest BCUT2D eigenvalue weighted by molar-refractivity contribution is 0.0665. The molecule has 2 N–H and O–H groups in total. The number of aliphatic hydroxyl groups is 1. The van der Waals surface area contributed by atoms with Crippen LogP contribution in [0, 0.1) is 0 Å². The molecule has 0 fully saturated rings. The van der Waals surface area contributed by atoms with E-state index in [1.54, 1.807) is 18.0 Å². The maximum absolute atomic E-state index is 12.6. The van der Waals surface area contributed by atoms with E-state index >= 15 is 0 Å². The highest BCUT2D eigenvalue weighted by Gasteiger charge is 2.20. The van der Waals surface area contributed by atoms with E-state index in [4.69, 9.17) is 5.11 Å². The molecule has 1 rings (SSSR count). The van der Waals surface area contributed by atoms with Gasteiger partial charge in [-0.25, -0.2) is 4.98 Å². The molecule has 5 nitrogen and oxygen atoms in total. The Balaban J connectivity index is 3.16. The molecule has 0 bridgehead atoms. The molecule has 0 saturated heterocycles. The normalized spacial score (nSPS) is 11.0. The zero-order valence-electron chi connectivity index (χ0n) is 13.0. The lowest BCUT2D eigenvalue weighted by Gasteiger charge is -2.26. The van der Waals surface area contributed by atoms with E-state index in [9.17, 15) is 4.79 Å². The van der Waals surface area contributed by atoms with Crippen LogP contribution in [0.25, 0.3) is 0 Å². The maximum Gasteiger partial charge on any atom is 0.254 e.